The number of rotatable bonds is 11. The molecule has 3 aliphatic heterocycles. The zero-order valence-corrected chi connectivity index (χ0v) is 23.0. The van der Waals surface area contributed by atoms with E-state index in [0.29, 0.717) is 12.2 Å². The topological polar surface area (TPSA) is 225 Å². The molecule has 3 heterocycles. The molecule has 0 aromatic heterocycles. The van der Waals surface area contributed by atoms with E-state index in [0.717, 1.165) is 5.56 Å². The van der Waals surface area contributed by atoms with Crippen LogP contribution < -0.4 is 5.73 Å². The summed E-state index contributed by atoms with van der Waals surface area (Å²) >= 11 is 1.36. The third-order valence-corrected chi connectivity index (χ3v) is 8.44. The number of ether oxygens (including phenoxy) is 3. The van der Waals surface area contributed by atoms with Gasteiger partial charge in [0.25, 0.3) is 0 Å². The zero-order valence-electron chi connectivity index (χ0n) is 22.2. The molecule has 2 amide bonds. The molecule has 1 aromatic rings. The van der Waals surface area contributed by atoms with Crippen LogP contribution in [0.4, 0.5) is 0 Å². The van der Waals surface area contributed by atoms with Gasteiger partial charge in [-0.3, -0.25) is 14.5 Å². The lowest BCUT2D eigenvalue weighted by Crippen LogP contribution is -2.59. The lowest BCUT2D eigenvalue weighted by atomic mass is 9.98. The van der Waals surface area contributed by atoms with Crippen LogP contribution in [-0.4, -0.2) is 133 Å². The number of thioether (sulfide) groups is 1. The molecule has 0 saturated carbocycles. The van der Waals surface area contributed by atoms with Crippen molar-refractivity contribution in [2.45, 2.75) is 86.3 Å². The van der Waals surface area contributed by atoms with Crippen molar-refractivity contribution in [3.8, 4) is 0 Å². The Hall–Kier alpha value is -2.18. The third-order valence-electron chi connectivity index (χ3n) is 7.14. The molecule has 10 atom stereocenters. The Labute approximate surface area is 240 Å². The van der Waals surface area contributed by atoms with Gasteiger partial charge in [-0.15, -0.1) is 11.8 Å². The number of carbonyl (C=O) groups is 2. The van der Waals surface area contributed by atoms with Crippen LogP contribution in [0.3, 0.4) is 0 Å². The normalized spacial score (nSPS) is 36.6. The van der Waals surface area contributed by atoms with Crippen LogP contribution in [0.25, 0.3) is 0 Å². The van der Waals surface area contributed by atoms with E-state index in [4.69, 9.17) is 19.9 Å². The first-order valence-corrected chi connectivity index (χ1v) is 14.4. The molecule has 41 heavy (non-hydrogen) atoms. The van der Waals surface area contributed by atoms with Crippen LogP contribution >= 0.6 is 11.8 Å². The van der Waals surface area contributed by atoms with Gasteiger partial charge in [-0.05, 0) is 17.7 Å². The molecule has 1 aromatic carbocycles. The number of hydrogen-bond acceptors (Lipinski definition) is 13. The highest BCUT2D eigenvalue weighted by Crippen LogP contribution is 2.28. The van der Waals surface area contributed by atoms with E-state index in [1.54, 1.807) is 0 Å². The summed E-state index contributed by atoms with van der Waals surface area (Å²) in [6.07, 6.45) is -12.0. The maximum atomic E-state index is 12.7. The first-order valence-electron chi connectivity index (χ1n) is 13.4. The minimum atomic E-state index is -1.64. The molecular formula is C26H37N3O11S. The Kier molecular flexibility index (Phi) is 11.1. The summed E-state index contributed by atoms with van der Waals surface area (Å²) in [4.78, 5) is 30.5. The van der Waals surface area contributed by atoms with Crippen LogP contribution in [0.15, 0.2) is 35.3 Å². The number of likely N-dealkylation sites (tertiary alicyclic amines) is 1. The first kappa shape index (κ1) is 31.7. The van der Waals surface area contributed by atoms with E-state index < -0.39 is 67.1 Å². The number of benzene rings is 1. The average Bonchev–Trinajstić information content (AvgIpc) is 3.22. The number of amidine groups is 1. The lowest BCUT2D eigenvalue weighted by molar-refractivity contribution is -0.290. The highest BCUT2D eigenvalue weighted by Gasteiger charge is 2.45. The average molecular weight is 600 g/mol. The smallest absolute Gasteiger partial charge is 0.243 e. The van der Waals surface area contributed by atoms with Crippen LogP contribution in [0.1, 0.15) is 24.8 Å². The summed E-state index contributed by atoms with van der Waals surface area (Å²) in [5.74, 6) is 0.204. The predicted molar refractivity (Wildman–Crippen MR) is 144 cm³/mol. The quantitative estimate of drug-likeness (QED) is 0.0603. The number of aliphatic hydroxyl groups excluding tert-OH is 6. The van der Waals surface area contributed by atoms with E-state index in [1.165, 1.54) is 16.7 Å². The second-order valence-corrected chi connectivity index (χ2v) is 11.5. The SMILES string of the molecule is N/C(CCCSC1CC(=O)N(Cc2ccccc2)C1=O)=N\[C@@H]1O[C@H](CO[C@@H]2OC[C@@H](O)[C@H](O)[C@H]2O)[C@@H](O)[C@H](O)[C@H]1O. The number of nitrogens with zero attached hydrogens (tertiary/aromatic N) is 2. The Bertz CT molecular complexity index is 1070. The summed E-state index contributed by atoms with van der Waals surface area (Å²) < 4.78 is 16.1. The fourth-order valence-corrected chi connectivity index (χ4v) is 5.84. The minimum Gasteiger partial charge on any atom is -0.388 e. The van der Waals surface area contributed by atoms with Gasteiger partial charge >= 0.3 is 0 Å². The molecule has 14 nitrogen and oxygen atoms in total. The molecular weight excluding hydrogens is 562 g/mol. The number of imide groups is 1. The van der Waals surface area contributed by atoms with Gasteiger partial charge in [-0.1, -0.05) is 30.3 Å². The molecule has 3 aliphatic rings. The molecule has 0 aliphatic carbocycles. The standard InChI is InChI=1S/C26H37N3O11S/c27-17(7-4-8-41-16-9-18(31)29(25(16)37)10-13-5-2-1-3-6-13)28-24-22(35)21(34)20(33)15(40-24)12-39-26-23(36)19(32)14(30)11-38-26/h1-3,5-6,14-16,19-24,26,30,32-36H,4,7-12H2,(H2,27,28)/t14-,15-,16?,19+,20-,21+,22-,23-,24-,26+/m1/s1. The first-order chi connectivity index (χ1) is 19.6. The lowest BCUT2D eigenvalue weighted by Gasteiger charge is -2.40. The van der Waals surface area contributed by atoms with Crippen molar-refractivity contribution in [3.05, 3.63) is 35.9 Å². The van der Waals surface area contributed by atoms with Gasteiger partial charge in [0.2, 0.25) is 11.8 Å². The Balaban J connectivity index is 1.23. The van der Waals surface area contributed by atoms with E-state index in [2.05, 4.69) is 4.99 Å². The molecule has 15 heteroatoms. The highest BCUT2D eigenvalue weighted by atomic mass is 32.2. The van der Waals surface area contributed by atoms with Crippen LogP contribution in [0.5, 0.6) is 0 Å². The third kappa shape index (κ3) is 7.81. The van der Waals surface area contributed by atoms with Gasteiger partial charge in [0.15, 0.2) is 12.5 Å². The highest BCUT2D eigenvalue weighted by molar-refractivity contribution is 8.00. The van der Waals surface area contributed by atoms with Crippen molar-refractivity contribution in [1.29, 1.82) is 0 Å². The zero-order chi connectivity index (χ0) is 29.7. The van der Waals surface area contributed by atoms with Gasteiger partial charge in [0.05, 0.1) is 30.8 Å². The fraction of sp³-hybridized carbons (Fsp3) is 0.654. The van der Waals surface area contributed by atoms with Gasteiger partial charge < -0.3 is 50.6 Å². The van der Waals surface area contributed by atoms with Gasteiger partial charge in [0.1, 0.15) is 42.7 Å². The van der Waals surface area contributed by atoms with Gasteiger partial charge in [-0.25, -0.2) is 4.99 Å². The van der Waals surface area contributed by atoms with Crippen molar-refractivity contribution in [2.75, 3.05) is 19.0 Å². The fourth-order valence-electron chi connectivity index (χ4n) is 4.71. The van der Waals surface area contributed by atoms with Crippen LogP contribution in [0, 0.1) is 0 Å². The summed E-state index contributed by atoms with van der Waals surface area (Å²) in [7, 11) is 0. The van der Waals surface area contributed by atoms with Crippen molar-refractivity contribution in [1.82, 2.24) is 4.90 Å². The van der Waals surface area contributed by atoms with E-state index in [-0.39, 0.29) is 43.6 Å². The maximum absolute atomic E-state index is 12.7. The number of hydrogen-bond donors (Lipinski definition) is 7. The second kappa shape index (κ2) is 14.3. The largest absolute Gasteiger partial charge is 0.388 e. The molecule has 3 saturated heterocycles. The molecule has 1 unspecified atom stereocenters. The van der Waals surface area contributed by atoms with Crippen LogP contribution in [0.2, 0.25) is 0 Å². The second-order valence-electron chi connectivity index (χ2n) is 10.2. The number of carbonyl (C=O) groups excluding carboxylic acids is 2. The molecule has 0 bridgehead atoms. The summed E-state index contributed by atoms with van der Waals surface area (Å²) in [5.41, 5.74) is 6.90. The van der Waals surface area contributed by atoms with Crippen molar-refractivity contribution in [3.63, 3.8) is 0 Å². The molecule has 0 radical (unpaired) electrons. The Morgan fingerprint density at radius 1 is 1.02 bits per heavy atom. The number of amides is 2. The summed E-state index contributed by atoms with van der Waals surface area (Å²) in [6, 6.07) is 9.28. The van der Waals surface area contributed by atoms with E-state index in [1.807, 2.05) is 30.3 Å². The molecule has 228 valence electrons. The summed E-state index contributed by atoms with van der Waals surface area (Å²) in [6.45, 7) is -0.435. The summed E-state index contributed by atoms with van der Waals surface area (Å²) in [5, 5.41) is 59.8. The van der Waals surface area contributed by atoms with Crippen molar-refractivity contribution in [2.24, 2.45) is 10.7 Å². The Morgan fingerprint density at radius 2 is 1.76 bits per heavy atom. The molecule has 8 N–H and O–H groups in total. The van der Waals surface area contributed by atoms with Crippen molar-refractivity contribution >= 4 is 29.4 Å². The number of aliphatic imine (C=N–C) groups is 1. The monoisotopic (exact) mass is 599 g/mol. The molecule has 0 spiro atoms. The van der Waals surface area contributed by atoms with Crippen molar-refractivity contribution < 1.29 is 54.4 Å². The van der Waals surface area contributed by atoms with E-state index >= 15 is 0 Å². The number of aliphatic hydroxyl groups is 6. The Morgan fingerprint density at radius 3 is 2.49 bits per heavy atom. The van der Waals surface area contributed by atoms with Gasteiger partial charge in [0, 0.05) is 12.8 Å². The predicted octanol–water partition coefficient (Wildman–Crippen LogP) is -2.55. The van der Waals surface area contributed by atoms with Crippen LogP contribution in [-0.2, 0) is 30.3 Å². The maximum Gasteiger partial charge on any atom is 0.243 e. The minimum absolute atomic E-state index is 0.112. The molecule has 3 fully saturated rings. The number of nitrogens with two attached hydrogens (primary N) is 1. The molecule has 4 rings (SSSR count). The van der Waals surface area contributed by atoms with E-state index in [9.17, 15) is 40.2 Å². The van der Waals surface area contributed by atoms with Gasteiger partial charge in [-0.2, -0.15) is 0 Å².